The number of ether oxygens (including phenoxy) is 2. The van der Waals surface area contributed by atoms with Crippen LogP contribution < -0.4 is 9.64 Å². The van der Waals surface area contributed by atoms with E-state index in [2.05, 4.69) is 38.8 Å². The van der Waals surface area contributed by atoms with Crippen molar-refractivity contribution in [2.75, 3.05) is 18.6 Å². The van der Waals surface area contributed by atoms with Crippen molar-refractivity contribution in [3.63, 3.8) is 0 Å². The van der Waals surface area contributed by atoms with Gasteiger partial charge in [0.1, 0.15) is 24.6 Å². The third kappa shape index (κ3) is 6.66. The summed E-state index contributed by atoms with van der Waals surface area (Å²) in [5.74, 6) is -0.315. The Morgan fingerprint density at radius 1 is 1.05 bits per heavy atom. The van der Waals surface area contributed by atoms with E-state index in [1.165, 1.54) is 16.9 Å². The zero-order valence-electron chi connectivity index (χ0n) is 20.8. The van der Waals surface area contributed by atoms with Crippen LogP contribution in [0.2, 0.25) is 10.0 Å². The highest BCUT2D eigenvalue weighted by Gasteiger charge is 2.40. The summed E-state index contributed by atoms with van der Waals surface area (Å²) in [5.41, 5.74) is 3.45. The first-order valence-electron chi connectivity index (χ1n) is 11.7. The normalized spacial score (nSPS) is 14.4. The van der Waals surface area contributed by atoms with Crippen LogP contribution in [-0.2, 0) is 27.4 Å². The maximum atomic E-state index is 13.6. The molecular weight excluding hydrogens is 691 g/mol. The van der Waals surface area contributed by atoms with Crippen molar-refractivity contribution in [1.29, 1.82) is 0 Å². The second-order valence-corrected chi connectivity index (χ2v) is 11.4. The molecule has 1 saturated heterocycles. The first-order valence-corrected chi connectivity index (χ1v) is 14.5. The molecule has 11 heteroatoms. The Morgan fingerprint density at radius 3 is 2.31 bits per heavy atom. The maximum Gasteiger partial charge on any atom is 0.325 e. The van der Waals surface area contributed by atoms with Crippen molar-refractivity contribution in [3.8, 4) is 5.75 Å². The summed E-state index contributed by atoms with van der Waals surface area (Å²) in [4.78, 5) is 28.7. The average Bonchev–Trinajstić information content (AvgIpc) is 3.13. The van der Waals surface area contributed by atoms with E-state index in [0.717, 1.165) is 17.5 Å². The number of aryl methyl sites for hydroxylation is 1. The summed E-state index contributed by atoms with van der Waals surface area (Å²) in [7, 11) is 1.29. The van der Waals surface area contributed by atoms with Crippen LogP contribution >= 0.6 is 67.3 Å². The van der Waals surface area contributed by atoms with Crippen molar-refractivity contribution in [2.45, 2.75) is 20.0 Å². The van der Waals surface area contributed by atoms with Crippen molar-refractivity contribution < 1.29 is 19.1 Å². The van der Waals surface area contributed by atoms with Crippen molar-refractivity contribution in [2.24, 2.45) is 0 Å². The molecule has 1 heterocycles. The van der Waals surface area contributed by atoms with Gasteiger partial charge in [0.05, 0.1) is 21.7 Å². The second kappa shape index (κ2) is 12.8. The summed E-state index contributed by atoms with van der Waals surface area (Å²) in [6.07, 6.45) is 2.54. The minimum atomic E-state index is -0.522. The number of carbonyl (C=O) groups is 2. The van der Waals surface area contributed by atoms with E-state index in [0.29, 0.717) is 36.0 Å². The fourth-order valence-electron chi connectivity index (χ4n) is 3.88. The molecule has 0 atom stereocenters. The SMILES string of the molecule is CCc1ccc(N2C(=O)/C(=C/c3cc(Br)c(OCc4ccc(Cl)cc4Cl)c(Br)c3)N(CC(=O)OC)C2=S)cc1. The number of esters is 1. The van der Waals surface area contributed by atoms with Gasteiger partial charge in [0.15, 0.2) is 5.11 Å². The Morgan fingerprint density at radius 2 is 1.72 bits per heavy atom. The predicted octanol–water partition coefficient (Wildman–Crippen LogP) is 7.81. The zero-order chi connectivity index (χ0) is 28.3. The maximum absolute atomic E-state index is 13.6. The number of rotatable bonds is 8. The van der Waals surface area contributed by atoms with Gasteiger partial charge >= 0.3 is 5.97 Å². The molecule has 1 fully saturated rings. The van der Waals surface area contributed by atoms with Gasteiger partial charge in [-0.1, -0.05) is 48.3 Å². The molecule has 0 bridgehead atoms. The highest BCUT2D eigenvalue weighted by molar-refractivity contribution is 9.11. The van der Waals surface area contributed by atoms with Gasteiger partial charge < -0.3 is 14.4 Å². The summed E-state index contributed by atoms with van der Waals surface area (Å²) in [6.45, 7) is 2.07. The number of nitrogens with zero attached hydrogens (tertiary/aromatic N) is 2. The van der Waals surface area contributed by atoms with Crippen LogP contribution in [0.15, 0.2) is 69.2 Å². The van der Waals surface area contributed by atoms with Crippen LogP contribution in [0.3, 0.4) is 0 Å². The van der Waals surface area contributed by atoms with E-state index in [-0.39, 0.29) is 29.9 Å². The molecule has 1 aliphatic rings. The van der Waals surface area contributed by atoms with E-state index in [1.807, 2.05) is 36.4 Å². The second-order valence-electron chi connectivity index (χ2n) is 8.47. The van der Waals surface area contributed by atoms with Crippen LogP contribution in [0.4, 0.5) is 5.69 Å². The molecule has 0 unspecified atom stereocenters. The molecule has 0 spiro atoms. The molecular formula is C28H22Br2Cl2N2O4S. The lowest BCUT2D eigenvalue weighted by molar-refractivity contribution is -0.140. The standard InChI is InChI=1S/C28H22Br2Cl2N2O4S/c1-3-16-4-8-20(9-5-16)34-27(36)24(33(28(34)39)14-25(35)37-2)12-17-10-21(29)26(22(30)11-17)38-15-18-6-7-19(31)13-23(18)32/h4-13H,3,14-15H2,1-2H3/b24-12-. The summed E-state index contributed by atoms with van der Waals surface area (Å²) in [6, 6.07) is 16.4. The Kier molecular flexibility index (Phi) is 9.72. The predicted molar refractivity (Wildman–Crippen MR) is 165 cm³/mol. The Balaban J connectivity index is 1.65. The van der Waals surface area contributed by atoms with Gasteiger partial charge in [-0.05, 0) is 104 Å². The molecule has 202 valence electrons. The molecule has 39 heavy (non-hydrogen) atoms. The molecule has 0 N–H and O–H groups in total. The minimum absolute atomic E-state index is 0.193. The van der Waals surface area contributed by atoms with Crippen molar-refractivity contribution in [1.82, 2.24) is 4.90 Å². The van der Waals surface area contributed by atoms with E-state index in [4.69, 9.17) is 44.9 Å². The first kappa shape index (κ1) is 29.6. The molecule has 3 aromatic carbocycles. The number of benzene rings is 3. The van der Waals surface area contributed by atoms with Crippen molar-refractivity contribution in [3.05, 3.63) is 96.0 Å². The largest absolute Gasteiger partial charge is 0.486 e. The van der Waals surface area contributed by atoms with E-state index in [9.17, 15) is 9.59 Å². The fourth-order valence-corrected chi connectivity index (χ4v) is 6.15. The minimum Gasteiger partial charge on any atom is -0.486 e. The lowest BCUT2D eigenvalue weighted by atomic mass is 10.1. The Bertz CT molecular complexity index is 1460. The number of carbonyl (C=O) groups excluding carboxylic acids is 2. The van der Waals surface area contributed by atoms with Gasteiger partial charge in [-0.15, -0.1) is 0 Å². The molecule has 0 aliphatic carbocycles. The number of halogens is 4. The van der Waals surface area contributed by atoms with Gasteiger partial charge in [-0.2, -0.15) is 0 Å². The number of hydrogen-bond donors (Lipinski definition) is 0. The highest BCUT2D eigenvalue weighted by Crippen LogP contribution is 2.37. The molecule has 0 saturated carbocycles. The number of anilines is 1. The average molecular weight is 713 g/mol. The zero-order valence-corrected chi connectivity index (χ0v) is 26.3. The Hall–Kier alpha value is -2.43. The smallest absolute Gasteiger partial charge is 0.325 e. The first-order chi connectivity index (χ1) is 18.6. The monoisotopic (exact) mass is 710 g/mol. The topological polar surface area (TPSA) is 59.1 Å². The summed E-state index contributed by atoms with van der Waals surface area (Å²) in [5, 5.41) is 1.24. The van der Waals surface area contributed by atoms with Crippen molar-refractivity contribution >= 4 is 96.0 Å². The molecule has 0 radical (unpaired) electrons. The van der Waals surface area contributed by atoms with Crippen LogP contribution in [0.1, 0.15) is 23.6 Å². The molecule has 4 rings (SSSR count). The van der Waals surface area contributed by atoms with Gasteiger partial charge in [-0.25, -0.2) is 0 Å². The van der Waals surface area contributed by atoms with Gasteiger partial charge in [-0.3, -0.25) is 14.5 Å². The molecule has 3 aromatic rings. The van der Waals surface area contributed by atoms with Gasteiger partial charge in [0.25, 0.3) is 5.91 Å². The lowest BCUT2D eigenvalue weighted by Gasteiger charge is -2.19. The number of thiocarbonyl (C=S) groups is 1. The van der Waals surface area contributed by atoms with Gasteiger partial charge in [0, 0.05) is 15.6 Å². The van der Waals surface area contributed by atoms with E-state index >= 15 is 0 Å². The highest BCUT2D eigenvalue weighted by atomic mass is 79.9. The van der Waals surface area contributed by atoms with Crippen LogP contribution in [-0.4, -0.2) is 35.5 Å². The quantitative estimate of drug-likeness (QED) is 0.135. The fraction of sp³-hybridized carbons (Fsp3) is 0.179. The van der Waals surface area contributed by atoms with Crippen LogP contribution in [0, 0.1) is 0 Å². The molecule has 0 aromatic heterocycles. The molecule has 6 nitrogen and oxygen atoms in total. The summed E-state index contributed by atoms with van der Waals surface area (Å²) < 4.78 is 12.2. The molecule has 1 amide bonds. The number of hydrogen-bond acceptors (Lipinski definition) is 5. The molecule has 1 aliphatic heterocycles. The number of methoxy groups -OCH3 is 1. The van der Waals surface area contributed by atoms with Crippen LogP contribution in [0.5, 0.6) is 5.75 Å². The number of amides is 1. The third-order valence-corrected chi connectivity index (χ3v) is 8.13. The third-order valence-electron chi connectivity index (χ3n) is 5.96. The van der Waals surface area contributed by atoms with E-state index < -0.39 is 5.97 Å². The Labute approximate surface area is 258 Å². The lowest BCUT2D eigenvalue weighted by Crippen LogP contribution is -2.35. The van der Waals surface area contributed by atoms with E-state index in [1.54, 1.807) is 24.3 Å². The van der Waals surface area contributed by atoms with Crippen LogP contribution in [0.25, 0.3) is 6.08 Å². The van der Waals surface area contributed by atoms with Gasteiger partial charge in [0.2, 0.25) is 0 Å². The summed E-state index contributed by atoms with van der Waals surface area (Å²) >= 11 is 25.0.